The molecule has 1 aromatic heterocycles. The Labute approximate surface area is 131 Å². The van der Waals surface area contributed by atoms with Gasteiger partial charge in [-0.1, -0.05) is 12.8 Å². The zero-order valence-electron chi connectivity index (χ0n) is 13.3. The number of H-pyrrole nitrogens is 1. The van der Waals surface area contributed by atoms with E-state index in [2.05, 4.69) is 33.5 Å². The third-order valence-electron chi connectivity index (χ3n) is 5.13. The summed E-state index contributed by atoms with van der Waals surface area (Å²) in [4.78, 5) is 6.12. The highest BCUT2D eigenvalue weighted by molar-refractivity contribution is 5.85. The van der Waals surface area contributed by atoms with Crippen molar-refractivity contribution in [1.29, 1.82) is 0 Å². The van der Waals surface area contributed by atoms with Gasteiger partial charge in [-0.2, -0.15) is 0 Å². The summed E-state index contributed by atoms with van der Waals surface area (Å²) in [5.74, 6) is 1.87. The SMILES string of the molecule is COc1ccc2[nH]cc([C@@H](CC3CC3)N3CCNCC3)c2c1. The molecule has 0 bridgehead atoms. The Bertz CT molecular complexity index is 641. The monoisotopic (exact) mass is 299 g/mol. The zero-order chi connectivity index (χ0) is 14.9. The lowest BCUT2D eigenvalue weighted by atomic mass is 9.98. The Kier molecular flexibility index (Phi) is 3.80. The normalized spacial score (nSPS) is 21.1. The molecule has 1 saturated heterocycles. The van der Waals surface area contributed by atoms with Crippen LogP contribution in [0.25, 0.3) is 10.9 Å². The molecule has 1 atom stereocenters. The maximum atomic E-state index is 5.43. The topological polar surface area (TPSA) is 40.3 Å². The van der Waals surface area contributed by atoms with E-state index in [1.54, 1.807) is 7.11 Å². The van der Waals surface area contributed by atoms with E-state index in [4.69, 9.17) is 4.74 Å². The predicted octanol–water partition coefficient (Wildman–Crippen LogP) is 2.92. The fourth-order valence-corrected chi connectivity index (χ4v) is 3.66. The lowest BCUT2D eigenvalue weighted by Gasteiger charge is -2.35. The number of ether oxygens (including phenoxy) is 1. The Morgan fingerprint density at radius 2 is 2.09 bits per heavy atom. The predicted molar refractivity (Wildman–Crippen MR) is 89.4 cm³/mol. The van der Waals surface area contributed by atoms with E-state index < -0.39 is 0 Å². The smallest absolute Gasteiger partial charge is 0.119 e. The van der Waals surface area contributed by atoms with Gasteiger partial charge in [0.15, 0.2) is 0 Å². The average Bonchev–Trinajstić information content (AvgIpc) is 3.31. The summed E-state index contributed by atoms with van der Waals surface area (Å²) in [5, 5.41) is 4.79. The number of piperazine rings is 1. The molecular formula is C18H25N3O. The van der Waals surface area contributed by atoms with E-state index in [9.17, 15) is 0 Å². The number of fused-ring (bicyclic) bond motifs is 1. The van der Waals surface area contributed by atoms with Crippen LogP contribution in [0.2, 0.25) is 0 Å². The van der Waals surface area contributed by atoms with Crippen LogP contribution in [0, 0.1) is 5.92 Å². The summed E-state index contributed by atoms with van der Waals surface area (Å²) in [6.45, 7) is 4.50. The van der Waals surface area contributed by atoms with E-state index in [1.165, 1.54) is 35.7 Å². The van der Waals surface area contributed by atoms with Gasteiger partial charge < -0.3 is 15.0 Å². The standard InChI is InChI=1S/C18H25N3O/c1-22-14-4-5-17-15(11-14)16(12-20-17)18(10-13-2-3-13)21-8-6-19-7-9-21/h4-5,11-13,18-20H,2-3,6-10H2,1H3/t18-/m1/s1. The molecule has 1 aliphatic heterocycles. The first-order chi connectivity index (χ1) is 10.8. The van der Waals surface area contributed by atoms with Crippen molar-refractivity contribution < 1.29 is 4.74 Å². The number of aromatic nitrogens is 1. The zero-order valence-corrected chi connectivity index (χ0v) is 13.3. The van der Waals surface area contributed by atoms with Crippen LogP contribution >= 0.6 is 0 Å². The molecule has 4 heteroatoms. The number of hydrogen-bond donors (Lipinski definition) is 2. The van der Waals surface area contributed by atoms with Crippen LogP contribution in [0.5, 0.6) is 5.75 Å². The molecule has 2 heterocycles. The Morgan fingerprint density at radius 1 is 1.27 bits per heavy atom. The molecule has 0 unspecified atom stereocenters. The van der Waals surface area contributed by atoms with Crippen molar-refractivity contribution in [3.63, 3.8) is 0 Å². The summed E-state index contributed by atoms with van der Waals surface area (Å²) in [7, 11) is 1.74. The van der Waals surface area contributed by atoms with Gasteiger partial charge in [-0.3, -0.25) is 4.90 Å². The van der Waals surface area contributed by atoms with E-state index in [0.717, 1.165) is 37.8 Å². The third kappa shape index (κ3) is 2.73. The van der Waals surface area contributed by atoms with Crippen LogP contribution in [0.1, 0.15) is 30.9 Å². The maximum Gasteiger partial charge on any atom is 0.119 e. The molecular weight excluding hydrogens is 274 g/mol. The minimum atomic E-state index is 0.537. The first kappa shape index (κ1) is 14.1. The van der Waals surface area contributed by atoms with Crippen molar-refractivity contribution in [2.45, 2.75) is 25.3 Å². The number of methoxy groups -OCH3 is 1. The molecule has 1 aromatic carbocycles. The molecule has 2 aliphatic rings. The van der Waals surface area contributed by atoms with Crippen molar-refractivity contribution in [3.05, 3.63) is 30.0 Å². The lowest BCUT2D eigenvalue weighted by Crippen LogP contribution is -2.45. The van der Waals surface area contributed by atoms with E-state index in [-0.39, 0.29) is 0 Å². The summed E-state index contributed by atoms with van der Waals surface area (Å²) in [5.41, 5.74) is 2.66. The van der Waals surface area contributed by atoms with Gasteiger partial charge in [-0.25, -0.2) is 0 Å². The van der Waals surface area contributed by atoms with E-state index in [1.807, 2.05) is 6.07 Å². The number of hydrogen-bond acceptors (Lipinski definition) is 3. The molecule has 2 fully saturated rings. The van der Waals surface area contributed by atoms with E-state index in [0.29, 0.717) is 6.04 Å². The minimum absolute atomic E-state index is 0.537. The first-order valence-corrected chi connectivity index (χ1v) is 8.45. The fourth-order valence-electron chi connectivity index (χ4n) is 3.66. The second kappa shape index (κ2) is 5.94. The van der Waals surface area contributed by atoms with Crippen LogP contribution < -0.4 is 10.1 Å². The number of nitrogens with zero attached hydrogens (tertiary/aromatic N) is 1. The van der Waals surface area contributed by atoms with Crippen LogP contribution in [0.4, 0.5) is 0 Å². The molecule has 0 radical (unpaired) electrons. The molecule has 0 spiro atoms. The molecule has 22 heavy (non-hydrogen) atoms. The van der Waals surface area contributed by atoms with Crippen molar-refractivity contribution in [2.24, 2.45) is 5.92 Å². The second-order valence-electron chi connectivity index (χ2n) is 6.64. The van der Waals surface area contributed by atoms with Gasteiger partial charge in [0.1, 0.15) is 5.75 Å². The van der Waals surface area contributed by atoms with Gasteiger partial charge in [0.05, 0.1) is 7.11 Å². The van der Waals surface area contributed by atoms with Gasteiger partial charge in [-0.15, -0.1) is 0 Å². The molecule has 2 N–H and O–H groups in total. The van der Waals surface area contributed by atoms with Crippen molar-refractivity contribution in [3.8, 4) is 5.75 Å². The highest BCUT2D eigenvalue weighted by Gasteiger charge is 2.31. The molecule has 4 nitrogen and oxygen atoms in total. The maximum absolute atomic E-state index is 5.43. The first-order valence-electron chi connectivity index (χ1n) is 8.45. The van der Waals surface area contributed by atoms with Crippen molar-refractivity contribution in [1.82, 2.24) is 15.2 Å². The molecule has 1 aliphatic carbocycles. The number of benzene rings is 1. The highest BCUT2D eigenvalue weighted by atomic mass is 16.5. The lowest BCUT2D eigenvalue weighted by molar-refractivity contribution is 0.161. The van der Waals surface area contributed by atoms with Crippen LogP contribution in [-0.2, 0) is 0 Å². The summed E-state index contributed by atoms with van der Waals surface area (Å²) in [6, 6.07) is 6.88. The number of nitrogens with one attached hydrogen (secondary N) is 2. The van der Waals surface area contributed by atoms with E-state index >= 15 is 0 Å². The Balaban J connectivity index is 1.70. The summed E-state index contributed by atoms with van der Waals surface area (Å²) in [6.07, 6.45) is 6.34. The highest BCUT2D eigenvalue weighted by Crippen LogP contribution is 2.42. The molecule has 2 aromatic rings. The van der Waals surface area contributed by atoms with Gasteiger partial charge in [0, 0.05) is 49.3 Å². The van der Waals surface area contributed by atoms with Crippen molar-refractivity contribution >= 4 is 10.9 Å². The quantitative estimate of drug-likeness (QED) is 0.892. The van der Waals surface area contributed by atoms with Crippen LogP contribution in [-0.4, -0.2) is 43.2 Å². The molecule has 4 rings (SSSR count). The number of aromatic amines is 1. The molecule has 0 amide bonds. The second-order valence-corrected chi connectivity index (χ2v) is 6.64. The summed E-state index contributed by atoms with van der Waals surface area (Å²) < 4.78 is 5.43. The van der Waals surface area contributed by atoms with Gasteiger partial charge in [-0.05, 0) is 36.1 Å². The third-order valence-corrected chi connectivity index (χ3v) is 5.13. The average molecular weight is 299 g/mol. The molecule has 1 saturated carbocycles. The Hall–Kier alpha value is -1.52. The largest absolute Gasteiger partial charge is 0.497 e. The fraction of sp³-hybridized carbons (Fsp3) is 0.556. The van der Waals surface area contributed by atoms with Crippen LogP contribution in [0.3, 0.4) is 0 Å². The Morgan fingerprint density at radius 3 is 2.82 bits per heavy atom. The van der Waals surface area contributed by atoms with Gasteiger partial charge in [0.2, 0.25) is 0 Å². The minimum Gasteiger partial charge on any atom is -0.497 e. The van der Waals surface area contributed by atoms with Crippen molar-refractivity contribution in [2.75, 3.05) is 33.3 Å². The van der Waals surface area contributed by atoms with Gasteiger partial charge >= 0.3 is 0 Å². The number of rotatable bonds is 5. The summed E-state index contributed by atoms with van der Waals surface area (Å²) >= 11 is 0. The molecule has 118 valence electrons. The van der Waals surface area contributed by atoms with Crippen LogP contribution in [0.15, 0.2) is 24.4 Å². The van der Waals surface area contributed by atoms with Gasteiger partial charge in [0.25, 0.3) is 0 Å².